The van der Waals surface area contributed by atoms with E-state index in [4.69, 9.17) is 0 Å². The Kier molecular flexibility index (Phi) is 3.44. The first-order chi connectivity index (χ1) is 9.58. The molecule has 3 nitrogen and oxygen atoms in total. The van der Waals surface area contributed by atoms with Gasteiger partial charge >= 0.3 is 0 Å². The molecule has 2 aromatic rings. The molecule has 1 aliphatic heterocycles. The number of alkyl halides is 1. The summed E-state index contributed by atoms with van der Waals surface area (Å²) >= 11 is 3.79. The molecule has 0 saturated heterocycles. The van der Waals surface area contributed by atoms with Crippen LogP contribution in [0.3, 0.4) is 0 Å². The van der Waals surface area contributed by atoms with E-state index in [1.54, 1.807) is 12.1 Å². The molecule has 1 aliphatic rings. The van der Waals surface area contributed by atoms with Gasteiger partial charge in [-0.25, -0.2) is 0 Å². The van der Waals surface area contributed by atoms with Crippen LogP contribution < -0.4 is 5.32 Å². The van der Waals surface area contributed by atoms with Crippen molar-refractivity contribution >= 4 is 15.9 Å². The number of fused-ring (bicyclic) bond motifs is 1. The summed E-state index contributed by atoms with van der Waals surface area (Å²) in [4.78, 5) is 0. The number of benzene rings is 2. The molecule has 0 radical (unpaired) electrons. The predicted octanol–water partition coefficient (Wildman–Crippen LogP) is 3.03. The highest BCUT2D eigenvalue weighted by Gasteiger charge is 2.34. The third kappa shape index (κ3) is 2.41. The minimum Gasteiger partial charge on any atom is -0.504 e. The number of hydrogen-bond acceptors (Lipinski definition) is 3. The lowest BCUT2D eigenvalue weighted by Gasteiger charge is -2.36. The van der Waals surface area contributed by atoms with E-state index in [0.717, 1.165) is 30.5 Å². The highest BCUT2D eigenvalue weighted by molar-refractivity contribution is 9.09. The Hall–Kier alpha value is -1.52. The molecule has 104 valence electrons. The quantitative estimate of drug-likeness (QED) is 0.450. The van der Waals surface area contributed by atoms with Gasteiger partial charge in [-0.3, -0.25) is 5.32 Å². The summed E-state index contributed by atoms with van der Waals surface area (Å²) in [6.45, 7) is 0.829. The molecule has 1 heterocycles. The molecule has 1 atom stereocenters. The summed E-state index contributed by atoms with van der Waals surface area (Å²) in [6.07, 6.45) is 1.61. The van der Waals surface area contributed by atoms with E-state index in [0.29, 0.717) is 0 Å². The second-order valence-electron chi connectivity index (χ2n) is 5.14. The minimum atomic E-state index is -0.410. The fourth-order valence-electron chi connectivity index (χ4n) is 2.72. The number of hydrogen-bond donors (Lipinski definition) is 3. The van der Waals surface area contributed by atoms with Crippen molar-refractivity contribution < 1.29 is 10.2 Å². The van der Waals surface area contributed by atoms with E-state index in [1.165, 1.54) is 5.56 Å². The maximum absolute atomic E-state index is 9.77. The highest BCUT2D eigenvalue weighted by Crippen LogP contribution is 2.41. The molecule has 0 aliphatic carbocycles. The number of phenols is 2. The largest absolute Gasteiger partial charge is 0.504 e. The maximum Gasteiger partial charge on any atom is 0.157 e. The van der Waals surface area contributed by atoms with Crippen molar-refractivity contribution in [3.8, 4) is 11.5 Å². The van der Waals surface area contributed by atoms with Gasteiger partial charge in [-0.05, 0) is 35.2 Å². The Morgan fingerprint density at radius 2 is 1.80 bits per heavy atom. The standard InChI is InChI=1S/C16H16BrNO2/c17-16(10-11-4-2-1-3-5-11)13-9-15(20)14(19)8-12(13)6-7-18-16/h1-5,8-9,18-20H,6-7,10H2. The van der Waals surface area contributed by atoms with Crippen molar-refractivity contribution in [2.45, 2.75) is 17.3 Å². The van der Waals surface area contributed by atoms with Gasteiger partial charge in [0.2, 0.25) is 0 Å². The molecule has 0 bridgehead atoms. The lowest BCUT2D eigenvalue weighted by atomic mass is 9.89. The second kappa shape index (κ2) is 5.11. The molecular weight excluding hydrogens is 318 g/mol. The van der Waals surface area contributed by atoms with Crippen molar-refractivity contribution in [1.29, 1.82) is 0 Å². The average molecular weight is 334 g/mol. The van der Waals surface area contributed by atoms with Gasteiger partial charge in [0.05, 0.1) is 0 Å². The molecule has 0 saturated carbocycles. The van der Waals surface area contributed by atoms with Crippen LogP contribution in [0.2, 0.25) is 0 Å². The van der Waals surface area contributed by atoms with E-state index >= 15 is 0 Å². The molecule has 4 heteroatoms. The van der Waals surface area contributed by atoms with E-state index in [2.05, 4.69) is 33.4 Å². The number of aromatic hydroxyl groups is 2. The van der Waals surface area contributed by atoms with E-state index < -0.39 is 4.45 Å². The van der Waals surface area contributed by atoms with Gasteiger partial charge in [-0.1, -0.05) is 46.3 Å². The molecule has 1 unspecified atom stereocenters. The molecule has 0 aromatic heterocycles. The van der Waals surface area contributed by atoms with Crippen LogP contribution in [0.4, 0.5) is 0 Å². The Morgan fingerprint density at radius 3 is 2.55 bits per heavy atom. The van der Waals surface area contributed by atoms with E-state index in [-0.39, 0.29) is 11.5 Å². The fraction of sp³-hybridized carbons (Fsp3) is 0.250. The van der Waals surface area contributed by atoms with Gasteiger partial charge < -0.3 is 10.2 Å². The van der Waals surface area contributed by atoms with Crippen LogP contribution in [0.25, 0.3) is 0 Å². The Labute approximate surface area is 126 Å². The van der Waals surface area contributed by atoms with Crippen LogP contribution >= 0.6 is 15.9 Å². The number of nitrogens with one attached hydrogen (secondary N) is 1. The fourth-order valence-corrected chi connectivity index (χ4v) is 3.61. The van der Waals surface area contributed by atoms with Gasteiger partial charge in [-0.2, -0.15) is 0 Å². The minimum absolute atomic E-state index is 0.0554. The molecule has 0 spiro atoms. The van der Waals surface area contributed by atoms with Gasteiger partial charge in [0.1, 0.15) is 4.45 Å². The normalized spacial score (nSPS) is 21.4. The summed E-state index contributed by atoms with van der Waals surface area (Å²) in [7, 11) is 0. The van der Waals surface area contributed by atoms with Crippen LogP contribution in [-0.4, -0.2) is 16.8 Å². The van der Waals surface area contributed by atoms with Crippen molar-refractivity contribution in [2.24, 2.45) is 0 Å². The molecule has 20 heavy (non-hydrogen) atoms. The summed E-state index contributed by atoms with van der Waals surface area (Å²) in [5.74, 6) is -0.135. The second-order valence-corrected chi connectivity index (χ2v) is 6.49. The molecule has 2 aromatic carbocycles. The lowest BCUT2D eigenvalue weighted by molar-refractivity contribution is 0.395. The van der Waals surface area contributed by atoms with Crippen molar-refractivity contribution in [3.05, 3.63) is 59.2 Å². The van der Waals surface area contributed by atoms with Crippen molar-refractivity contribution in [3.63, 3.8) is 0 Å². The predicted molar refractivity (Wildman–Crippen MR) is 82.2 cm³/mol. The molecular formula is C16H16BrNO2. The maximum atomic E-state index is 9.77. The Balaban J connectivity index is 2.02. The summed E-state index contributed by atoms with van der Waals surface area (Å²) in [5.41, 5.74) is 3.26. The summed E-state index contributed by atoms with van der Waals surface area (Å²) in [5, 5.41) is 22.9. The zero-order chi connectivity index (χ0) is 14.2. The van der Waals surface area contributed by atoms with Crippen LogP contribution in [0, 0.1) is 0 Å². The van der Waals surface area contributed by atoms with E-state index in [9.17, 15) is 10.2 Å². The summed E-state index contributed by atoms with van der Waals surface area (Å²) in [6, 6.07) is 13.5. The van der Waals surface area contributed by atoms with Gasteiger partial charge in [0.25, 0.3) is 0 Å². The van der Waals surface area contributed by atoms with Crippen molar-refractivity contribution in [2.75, 3.05) is 6.54 Å². The Morgan fingerprint density at radius 1 is 1.10 bits per heavy atom. The van der Waals surface area contributed by atoms with Crippen LogP contribution in [0.5, 0.6) is 11.5 Å². The van der Waals surface area contributed by atoms with E-state index in [1.807, 2.05) is 18.2 Å². The molecule has 0 amide bonds. The molecule has 3 N–H and O–H groups in total. The summed E-state index contributed by atoms with van der Waals surface area (Å²) < 4.78 is -0.410. The van der Waals surface area contributed by atoms with Crippen LogP contribution in [0.15, 0.2) is 42.5 Å². The number of rotatable bonds is 2. The smallest absolute Gasteiger partial charge is 0.157 e. The van der Waals surface area contributed by atoms with Crippen LogP contribution in [-0.2, 0) is 17.3 Å². The van der Waals surface area contributed by atoms with Crippen LogP contribution in [0.1, 0.15) is 16.7 Å². The third-order valence-corrected chi connectivity index (χ3v) is 4.71. The third-order valence-electron chi connectivity index (χ3n) is 3.72. The number of phenolic OH excluding ortho intramolecular Hbond substituents is 2. The SMILES string of the molecule is Oc1cc2c(cc1O)C(Br)(Cc1ccccc1)NCC2. The first-order valence-electron chi connectivity index (χ1n) is 6.62. The first kappa shape index (κ1) is 13.5. The zero-order valence-corrected chi connectivity index (χ0v) is 12.5. The first-order valence-corrected chi connectivity index (χ1v) is 7.41. The average Bonchev–Trinajstić information content (AvgIpc) is 2.42. The van der Waals surface area contributed by atoms with Crippen molar-refractivity contribution in [1.82, 2.24) is 5.32 Å². The Bertz CT molecular complexity index is 630. The van der Waals surface area contributed by atoms with Gasteiger partial charge in [0.15, 0.2) is 11.5 Å². The van der Waals surface area contributed by atoms with Gasteiger partial charge in [-0.15, -0.1) is 0 Å². The lowest BCUT2D eigenvalue weighted by Crippen LogP contribution is -2.44. The number of halogens is 1. The molecule has 0 fully saturated rings. The monoisotopic (exact) mass is 333 g/mol. The topological polar surface area (TPSA) is 52.5 Å². The van der Waals surface area contributed by atoms with Gasteiger partial charge in [0, 0.05) is 13.0 Å². The zero-order valence-electron chi connectivity index (χ0n) is 10.9. The highest BCUT2D eigenvalue weighted by atomic mass is 79.9. The molecule has 3 rings (SSSR count).